The van der Waals surface area contributed by atoms with Crippen molar-refractivity contribution in [1.82, 2.24) is 0 Å². The van der Waals surface area contributed by atoms with E-state index in [0.717, 1.165) is 22.5 Å². The van der Waals surface area contributed by atoms with Crippen LogP contribution in [0, 0.1) is 22.9 Å². The fraction of sp³-hybridized carbons (Fsp3) is 0.0667. The molecule has 2 aromatic rings. The van der Waals surface area contributed by atoms with E-state index in [-0.39, 0.29) is 6.04 Å². The topological polar surface area (TPSA) is 97.7 Å². The van der Waals surface area contributed by atoms with Crippen LogP contribution in [0.25, 0.3) is 0 Å². The van der Waals surface area contributed by atoms with Gasteiger partial charge < -0.3 is 5.73 Å². The summed E-state index contributed by atoms with van der Waals surface area (Å²) in [7, 11) is 0. The van der Waals surface area contributed by atoms with Gasteiger partial charge in [-0.1, -0.05) is 24.3 Å². The Balaban J connectivity index is 2.16. The molecule has 0 aliphatic heterocycles. The summed E-state index contributed by atoms with van der Waals surface area (Å²) in [5, 5.41) is 22.2. The Kier molecular flexibility index (Phi) is 4.18. The van der Waals surface area contributed by atoms with Crippen molar-refractivity contribution in [1.29, 1.82) is 10.5 Å². The normalized spacial score (nSPS) is 9.60. The first-order valence-corrected chi connectivity index (χ1v) is 6.00. The Morgan fingerprint density at radius 2 is 1.10 bits per heavy atom. The third-order valence-electron chi connectivity index (χ3n) is 2.94. The largest absolute Gasteiger partial charge is 0.320 e. The van der Waals surface area contributed by atoms with Crippen molar-refractivity contribution in [2.75, 3.05) is 10.6 Å². The molecule has 98 valence electrons. The molecule has 20 heavy (non-hydrogen) atoms. The van der Waals surface area contributed by atoms with Gasteiger partial charge in [0.25, 0.3) is 0 Å². The summed E-state index contributed by atoms with van der Waals surface area (Å²) >= 11 is 0. The molecule has 0 aliphatic rings. The maximum Gasteiger partial charge on any atom is 0.181 e. The van der Waals surface area contributed by atoms with Gasteiger partial charge in [-0.05, 0) is 35.4 Å². The van der Waals surface area contributed by atoms with Crippen LogP contribution in [-0.2, 0) is 0 Å². The summed E-state index contributed by atoms with van der Waals surface area (Å²) < 4.78 is 0. The van der Waals surface area contributed by atoms with E-state index in [2.05, 4.69) is 10.6 Å². The number of benzene rings is 2. The van der Waals surface area contributed by atoms with Crippen molar-refractivity contribution in [3.05, 3.63) is 59.7 Å². The molecule has 2 aromatic carbocycles. The van der Waals surface area contributed by atoms with Gasteiger partial charge in [0.1, 0.15) is 0 Å². The van der Waals surface area contributed by atoms with Crippen LogP contribution in [0.4, 0.5) is 11.4 Å². The standard InChI is InChI=1S/C15H13N5/c16-9-19-13-5-1-11(2-6-13)15(18)12-3-7-14(8-4-12)20-10-17/h1-8,15,19-20H,18H2. The predicted octanol–water partition coefficient (Wildman–Crippen LogP) is 2.52. The number of rotatable bonds is 4. The number of nitrogens with two attached hydrogens (primary N) is 1. The Hall–Kier alpha value is -3.02. The molecule has 0 atom stereocenters. The highest BCUT2D eigenvalue weighted by molar-refractivity contribution is 5.51. The van der Waals surface area contributed by atoms with Crippen LogP contribution in [0.15, 0.2) is 48.5 Å². The zero-order valence-electron chi connectivity index (χ0n) is 10.7. The Bertz CT molecular complexity index is 587. The molecule has 5 heteroatoms. The molecule has 0 amide bonds. The lowest BCUT2D eigenvalue weighted by Crippen LogP contribution is -2.11. The monoisotopic (exact) mass is 263 g/mol. The average Bonchev–Trinajstić information content (AvgIpc) is 2.49. The van der Waals surface area contributed by atoms with E-state index in [1.165, 1.54) is 0 Å². The minimum absolute atomic E-state index is 0.248. The van der Waals surface area contributed by atoms with Crippen molar-refractivity contribution in [2.24, 2.45) is 5.73 Å². The highest BCUT2D eigenvalue weighted by Gasteiger charge is 2.08. The highest BCUT2D eigenvalue weighted by Crippen LogP contribution is 2.22. The van der Waals surface area contributed by atoms with Gasteiger partial charge in [0, 0.05) is 11.4 Å². The van der Waals surface area contributed by atoms with E-state index in [1.807, 2.05) is 60.9 Å². The lowest BCUT2D eigenvalue weighted by molar-refractivity contribution is 0.872. The lowest BCUT2D eigenvalue weighted by atomic mass is 9.99. The molecular formula is C15H13N5. The van der Waals surface area contributed by atoms with Crippen LogP contribution in [0.2, 0.25) is 0 Å². The van der Waals surface area contributed by atoms with Crippen LogP contribution in [0.3, 0.4) is 0 Å². The molecule has 5 nitrogen and oxygen atoms in total. The van der Waals surface area contributed by atoms with E-state index in [4.69, 9.17) is 16.3 Å². The SMILES string of the molecule is N#CNc1ccc(C(N)c2ccc(NC#N)cc2)cc1. The quantitative estimate of drug-likeness (QED) is 0.581. The van der Waals surface area contributed by atoms with Gasteiger partial charge in [0.15, 0.2) is 12.4 Å². The number of nitrogens with zero attached hydrogens (tertiary/aromatic N) is 2. The third kappa shape index (κ3) is 3.05. The minimum atomic E-state index is -0.248. The molecule has 0 saturated heterocycles. The Morgan fingerprint density at radius 3 is 1.40 bits per heavy atom. The molecule has 0 radical (unpaired) electrons. The maximum atomic E-state index is 8.53. The molecule has 0 unspecified atom stereocenters. The van der Waals surface area contributed by atoms with Crippen LogP contribution in [0.1, 0.15) is 17.2 Å². The van der Waals surface area contributed by atoms with Crippen molar-refractivity contribution in [3.63, 3.8) is 0 Å². The summed E-state index contributed by atoms with van der Waals surface area (Å²) in [4.78, 5) is 0. The van der Waals surface area contributed by atoms with E-state index >= 15 is 0 Å². The lowest BCUT2D eigenvalue weighted by Gasteiger charge is -2.13. The number of nitrogens with one attached hydrogen (secondary N) is 2. The van der Waals surface area contributed by atoms with Crippen LogP contribution in [0.5, 0.6) is 0 Å². The summed E-state index contributed by atoms with van der Waals surface area (Å²) in [6.07, 6.45) is 3.74. The highest BCUT2D eigenvalue weighted by atomic mass is 14.9. The first-order chi connectivity index (χ1) is 9.74. The zero-order valence-corrected chi connectivity index (χ0v) is 10.7. The second-order valence-electron chi connectivity index (χ2n) is 4.20. The number of hydrogen-bond donors (Lipinski definition) is 3. The molecule has 0 heterocycles. The fourth-order valence-electron chi connectivity index (χ4n) is 1.87. The second kappa shape index (κ2) is 6.24. The van der Waals surface area contributed by atoms with Gasteiger partial charge >= 0.3 is 0 Å². The molecule has 0 fully saturated rings. The van der Waals surface area contributed by atoms with Crippen LogP contribution in [-0.4, -0.2) is 0 Å². The molecule has 2 rings (SSSR count). The first kappa shape index (κ1) is 13.4. The number of nitriles is 2. The van der Waals surface area contributed by atoms with Crippen molar-refractivity contribution in [2.45, 2.75) is 6.04 Å². The van der Waals surface area contributed by atoms with E-state index < -0.39 is 0 Å². The van der Waals surface area contributed by atoms with Crippen molar-refractivity contribution in [3.8, 4) is 12.4 Å². The molecule has 0 aliphatic carbocycles. The first-order valence-electron chi connectivity index (χ1n) is 6.00. The Labute approximate surface area is 117 Å². The molecule has 0 saturated carbocycles. The smallest absolute Gasteiger partial charge is 0.181 e. The summed E-state index contributed by atoms with van der Waals surface area (Å²) in [5.41, 5.74) is 9.57. The number of hydrogen-bond acceptors (Lipinski definition) is 5. The number of anilines is 2. The summed E-state index contributed by atoms with van der Waals surface area (Å²) in [6.45, 7) is 0. The van der Waals surface area contributed by atoms with Crippen molar-refractivity contribution >= 4 is 11.4 Å². The molecule has 0 aromatic heterocycles. The second-order valence-corrected chi connectivity index (χ2v) is 4.20. The van der Waals surface area contributed by atoms with Gasteiger partial charge in [-0.3, -0.25) is 10.6 Å². The predicted molar refractivity (Wildman–Crippen MR) is 77.4 cm³/mol. The van der Waals surface area contributed by atoms with Crippen LogP contribution < -0.4 is 16.4 Å². The van der Waals surface area contributed by atoms with Gasteiger partial charge in [-0.2, -0.15) is 10.5 Å². The van der Waals surface area contributed by atoms with Crippen molar-refractivity contribution < 1.29 is 0 Å². The van der Waals surface area contributed by atoms with Gasteiger partial charge in [-0.25, -0.2) is 0 Å². The van der Waals surface area contributed by atoms with Gasteiger partial charge in [0.05, 0.1) is 6.04 Å². The van der Waals surface area contributed by atoms with E-state index in [1.54, 1.807) is 0 Å². The van der Waals surface area contributed by atoms with Gasteiger partial charge in [0.2, 0.25) is 0 Å². The van der Waals surface area contributed by atoms with Gasteiger partial charge in [-0.15, -0.1) is 0 Å². The molecule has 0 spiro atoms. The minimum Gasteiger partial charge on any atom is -0.320 e. The summed E-state index contributed by atoms with van der Waals surface area (Å²) in [5.74, 6) is 0. The van der Waals surface area contributed by atoms with Crippen LogP contribution >= 0.6 is 0 Å². The molecule has 4 N–H and O–H groups in total. The molecular weight excluding hydrogens is 250 g/mol. The third-order valence-corrected chi connectivity index (χ3v) is 2.94. The average molecular weight is 263 g/mol. The zero-order chi connectivity index (χ0) is 14.4. The van der Waals surface area contributed by atoms with E-state index in [9.17, 15) is 0 Å². The fourth-order valence-corrected chi connectivity index (χ4v) is 1.87. The maximum absolute atomic E-state index is 8.53. The molecule has 0 bridgehead atoms. The Morgan fingerprint density at radius 1 is 0.750 bits per heavy atom. The van der Waals surface area contributed by atoms with E-state index in [0.29, 0.717) is 0 Å². The summed E-state index contributed by atoms with van der Waals surface area (Å²) in [6, 6.07) is 14.5.